The zero-order valence-corrected chi connectivity index (χ0v) is 36.8. The van der Waals surface area contributed by atoms with Crippen LogP contribution >= 0.6 is 15.6 Å². The second-order valence-corrected chi connectivity index (χ2v) is 17.5. The SMILES string of the molecule is CCCCC[C@@H](O)/C=C/C=C\C/C=C\C=C\[C@@H](O)CCCC(=O)O[C@H](COC(=O)CCCCCCCCCCCC(C)C)COP(=O)(O)OC[C@@H](O)COP(=O)(O)O. The lowest BCUT2D eigenvalue weighted by Crippen LogP contribution is -2.30. The monoisotopic (exact) mass is 868 g/mol. The van der Waals surface area contributed by atoms with Gasteiger partial charge in [0.2, 0.25) is 0 Å². The van der Waals surface area contributed by atoms with E-state index in [9.17, 15) is 38.9 Å². The van der Waals surface area contributed by atoms with E-state index in [2.05, 4.69) is 29.8 Å². The zero-order chi connectivity index (χ0) is 43.5. The van der Waals surface area contributed by atoms with Crippen LogP contribution in [0, 0.1) is 5.92 Å². The molecule has 0 spiro atoms. The highest BCUT2D eigenvalue weighted by Gasteiger charge is 2.28. The van der Waals surface area contributed by atoms with E-state index in [1.54, 1.807) is 24.3 Å². The number of esters is 2. The summed E-state index contributed by atoms with van der Waals surface area (Å²) in [5.41, 5.74) is 0. The first kappa shape index (κ1) is 56.0. The summed E-state index contributed by atoms with van der Waals surface area (Å²) in [6.07, 6.45) is 26.3. The van der Waals surface area contributed by atoms with Crippen molar-refractivity contribution in [2.75, 3.05) is 26.4 Å². The topological polar surface area (TPSA) is 236 Å². The van der Waals surface area contributed by atoms with Crippen molar-refractivity contribution in [2.45, 2.75) is 167 Å². The maximum absolute atomic E-state index is 12.6. The highest BCUT2D eigenvalue weighted by Crippen LogP contribution is 2.43. The first-order valence-corrected chi connectivity index (χ1v) is 23.9. The van der Waals surface area contributed by atoms with Crippen molar-refractivity contribution in [1.82, 2.24) is 0 Å². The lowest BCUT2D eigenvalue weighted by Gasteiger charge is -2.20. The fraction of sp³-hybridized carbons (Fsp3) is 0.756. The van der Waals surface area contributed by atoms with Gasteiger partial charge in [0.1, 0.15) is 12.7 Å². The maximum atomic E-state index is 12.6. The summed E-state index contributed by atoms with van der Waals surface area (Å²) in [4.78, 5) is 52.6. The number of carbonyl (C=O) groups is 2. The molecule has 0 aromatic carbocycles. The average molecular weight is 869 g/mol. The van der Waals surface area contributed by atoms with E-state index in [1.807, 2.05) is 24.3 Å². The fourth-order valence-electron chi connectivity index (χ4n) is 5.33. The molecule has 0 saturated heterocycles. The highest BCUT2D eigenvalue weighted by molar-refractivity contribution is 7.47. The second-order valence-electron chi connectivity index (χ2n) is 14.8. The van der Waals surface area contributed by atoms with Crippen LogP contribution in [-0.4, -0.2) is 92.8 Å². The van der Waals surface area contributed by atoms with Crippen LogP contribution in [0.5, 0.6) is 0 Å². The average Bonchev–Trinajstić information content (AvgIpc) is 3.15. The van der Waals surface area contributed by atoms with Crippen molar-refractivity contribution >= 4 is 27.6 Å². The quantitative estimate of drug-likeness (QED) is 0.0149. The molecule has 15 nitrogen and oxygen atoms in total. The Morgan fingerprint density at radius 1 is 0.586 bits per heavy atom. The molecule has 6 N–H and O–H groups in total. The number of allylic oxidation sites excluding steroid dienone is 6. The van der Waals surface area contributed by atoms with Crippen molar-refractivity contribution in [3.8, 4) is 0 Å². The number of phosphoric ester groups is 2. The Balaban J connectivity index is 4.80. The Morgan fingerprint density at radius 2 is 1.09 bits per heavy atom. The molecule has 0 heterocycles. The molecule has 0 aromatic rings. The summed E-state index contributed by atoms with van der Waals surface area (Å²) in [5, 5.41) is 29.9. The van der Waals surface area contributed by atoms with Gasteiger partial charge >= 0.3 is 27.6 Å². The Labute approximate surface area is 346 Å². The molecule has 0 aromatic heterocycles. The molecule has 0 amide bonds. The fourth-order valence-corrected chi connectivity index (χ4v) is 6.49. The van der Waals surface area contributed by atoms with Gasteiger partial charge in [0.25, 0.3) is 0 Å². The molecule has 17 heteroatoms. The van der Waals surface area contributed by atoms with E-state index in [-0.39, 0.29) is 25.7 Å². The number of hydrogen-bond donors (Lipinski definition) is 6. The third-order valence-electron chi connectivity index (χ3n) is 8.60. The minimum atomic E-state index is -4.89. The summed E-state index contributed by atoms with van der Waals surface area (Å²) < 4.78 is 47.5. The lowest BCUT2D eigenvalue weighted by atomic mass is 10.0. The molecule has 0 aliphatic rings. The van der Waals surface area contributed by atoms with Crippen LogP contribution in [0.15, 0.2) is 48.6 Å². The molecule has 0 saturated carbocycles. The van der Waals surface area contributed by atoms with Crippen LogP contribution in [0.4, 0.5) is 0 Å². The van der Waals surface area contributed by atoms with Crippen molar-refractivity contribution in [2.24, 2.45) is 5.92 Å². The molecule has 338 valence electrons. The number of rotatable bonds is 38. The van der Waals surface area contributed by atoms with Crippen LogP contribution in [0.2, 0.25) is 0 Å². The summed E-state index contributed by atoms with van der Waals surface area (Å²) in [6, 6.07) is 0. The third kappa shape index (κ3) is 39.5. The van der Waals surface area contributed by atoms with Gasteiger partial charge in [0, 0.05) is 12.8 Å². The van der Waals surface area contributed by atoms with E-state index in [1.165, 1.54) is 32.1 Å². The third-order valence-corrected chi connectivity index (χ3v) is 10.0. The van der Waals surface area contributed by atoms with E-state index >= 15 is 0 Å². The smallest absolute Gasteiger partial charge is 0.462 e. The van der Waals surface area contributed by atoms with Crippen molar-refractivity contribution in [1.29, 1.82) is 0 Å². The first-order chi connectivity index (χ1) is 27.5. The number of hydrogen-bond acceptors (Lipinski definition) is 12. The molecule has 0 aliphatic heterocycles. The van der Waals surface area contributed by atoms with E-state index < -0.39 is 78.4 Å². The summed E-state index contributed by atoms with van der Waals surface area (Å²) >= 11 is 0. The van der Waals surface area contributed by atoms with Gasteiger partial charge in [-0.3, -0.25) is 23.2 Å². The van der Waals surface area contributed by atoms with Gasteiger partial charge in [-0.2, -0.15) is 0 Å². The molecule has 1 unspecified atom stereocenters. The molecule has 5 atom stereocenters. The second kappa shape index (κ2) is 35.7. The number of ether oxygens (including phenoxy) is 2. The Bertz CT molecular complexity index is 1260. The number of carbonyl (C=O) groups excluding carboxylic acids is 2. The summed E-state index contributed by atoms with van der Waals surface area (Å²) in [5.74, 6) is -0.519. The largest absolute Gasteiger partial charge is 0.472 e. The predicted molar refractivity (Wildman–Crippen MR) is 223 cm³/mol. The van der Waals surface area contributed by atoms with Crippen LogP contribution in [0.25, 0.3) is 0 Å². The van der Waals surface area contributed by atoms with Gasteiger partial charge in [-0.15, -0.1) is 0 Å². The molecular weight excluding hydrogens is 794 g/mol. The lowest BCUT2D eigenvalue weighted by molar-refractivity contribution is -0.161. The Hall–Kier alpha value is -2.00. The van der Waals surface area contributed by atoms with E-state index in [0.717, 1.165) is 57.3 Å². The van der Waals surface area contributed by atoms with E-state index in [0.29, 0.717) is 12.8 Å². The molecular formula is C41H74O15P2. The molecule has 0 bridgehead atoms. The Kier molecular flexibility index (Phi) is 34.5. The zero-order valence-electron chi connectivity index (χ0n) is 35.0. The van der Waals surface area contributed by atoms with E-state index in [4.69, 9.17) is 23.8 Å². The van der Waals surface area contributed by atoms with Gasteiger partial charge in [-0.1, -0.05) is 146 Å². The molecule has 0 radical (unpaired) electrons. The molecule has 0 rings (SSSR count). The van der Waals surface area contributed by atoms with Crippen LogP contribution in [0.1, 0.15) is 143 Å². The molecule has 0 fully saturated rings. The predicted octanol–water partition coefficient (Wildman–Crippen LogP) is 8.08. The Morgan fingerprint density at radius 3 is 1.66 bits per heavy atom. The van der Waals surface area contributed by atoms with Crippen molar-refractivity contribution in [3.63, 3.8) is 0 Å². The number of aliphatic hydroxyl groups excluding tert-OH is 3. The number of phosphoric acid groups is 2. The van der Waals surface area contributed by atoms with Gasteiger partial charge in [0.05, 0.1) is 32.0 Å². The first-order valence-electron chi connectivity index (χ1n) is 20.9. The van der Waals surface area contributed by atoms with Crippen molar-refractivity contribution in [3.05, 3.63) is 48.6 Å². The minimum Gasteiger partial charge on any atom is -0.462 e. The standard InChI is InChI=1S/C41H74O15P2/c1-4-5-18-25-36(42)26-20-15-11-9-12-16-21-27-37(43)28-23-30-41(46)56-39(34-55-58(50,51)54-32-38(44)31-53-57(47,48)49)33-52-40(45)29-22-17-13-8-6-7-10-14-19-24-35(2)3/h11-12,15-16,20-21,26-27,35-39,42-44H,4-10,13-14,17-19,22-25,28-34H2,1-3H3,(H,50,51)(H2,47,48,49)/b15-11-,16-12-,26-20+,27-21+/t36-,37-,38+,39-/m1/s1. The van der Waals surface area contributed by atoms with Gasteiger partial charge in [0.15, 0.2) is 6.10 Å². The molecule has 0 aliphatic carbocycles. The highest BCUT2D eigenvalue weighted by atomic mass is 31.2. The molecule has 58 heavy (non-hydrogen) atoms. The van der Waals surface area contributed by atoms with Crippen molar-refractivity contribution < 1.29 is 71.8 Å². The van der Waals surface area contributed by atoms with Gasteiger partial charge in [-0.05, 0) is 38.0 Å². The van der Waals surface area contributed by atoms with Crippen LogP contribution < -0.4 is 0 Å². The normalized spacial score (nSPS) is 15.8. The number of aliphatic hydroxyl groups is 3. The van der Waals surface area contributed by atoms with Gasteiger partial charge < -0.3 is 39.5 Å². The maximum Gasteiger partial charge on any atom is 0.472 e. The van der Waals surface area contributed by atoms with Crippen LogP contribution in [0.3, 0.4) is 0 Å². The van der Waals surface area contributed by atoms with Crippen LogP contribution in [-0.2, 0) is 41.8 Å². The number of unbranched alkanes of at least 4 members (excludes halogenated alkanes) is 10. The summed E-state index contributed by atoms with van der Waals surface area (Å²) in [7, 11) is -9.76. The van der Waals surface area contributed by atoms with Gasteiger partial charge in [-0.25, -0.2) is 9.13 Å². The summed E-state index contributed by atoms with van der Waals surface area (Å²) in [6.45, 7) is 3.65. The minimum absolute atomic E-state index is 0.117.